The van der Waals surface area contributed by atoms with Gasteiger partial charge >= 0.3 is 0 Å². The molecule has 10 rings (SSSR count). The highest BCUT2D eigenvalue weighted by atomic mass is 15.4. The van der Waals surface area contributed by atoms with Crippen LogP contribution in [0.25, 0.3) is 28.5 Å². The van der Waals surface area contributed by atoms with Crippen LogP contribution in [0.3, 0.4) is 0 Å². The predicted octanol–water partition coefficient (Wildman–Crippen LogP) is 14.6. The van der Waals surface area contributed by atoms with Gasteiger partial charge in [0.15, 0.2) is 11.6 Å². The number of hydrogen-bond acceptors (Lipinski definition) is 5. The number of hydrogen-bond donors (Lipinski definition) is 0. The Morgan fingerprint density at radius 2 is 0.742 bits per heavy atom. The number of rotatable bonds is 12. The van der Waals surface area contributed by atoms with E-state index in [9.17, 15) is 0 Å². The monoisotopic (exact) mass is 800 g/mol. The number of nitrogens with zero attached hydrogens (tertiary/aromatic N) is 6. The second-order valence-corrected chi connectivity index (χ2v) is 15.1. The Morgan fingerprint density at radius 1 is 0.387 bits per heavy atom. The summed E-state index contributed by atoms with van der Waals surface area (Å²) in [6, 6.07) is 80.4. The summed E-state index contributed by atoms with van der Waals surface area (Å²) in [5.74, 6) is 1.43. The van der Waals surface area contributed by atoms with Crippen LogP contribution >= 0.6 is 0 Å². The van der Waals surface area contributed by atoms with Gasteiger partial charge in [0.05, 0.1) is 11.7 Å². The number of benzene rings is 8. The molecule has 0 aliphatic heterocycles. The van der Waals surface area contributed by atoms with Gasteiger partial charge in [-0.25, -0.2) is 9.67 Å². The topological polar surface area (TPSA) is 40.4 Å². The normalized spacial score (nSPS) is 13.3. The first-order chi connectivity index (χ1) is 30.8. The molecule has 0 amide bonds. The van der Waals surface area contributed by atoms with Crippen molar-refractivity contribution in [2.24, 2.45) is 0 Å². The van der Waals surface area contributed by atoms with E-state index in [-0.39, 0.29) is 6.04 Å². The Bertz CT molecular complexity index is 2780. The third-order valence-electron chi connectivity index (χ3n) is 11.1. The zero-order valence-electron chi connectivity index (χ0n) is 34.1. The van der Waals surface area contributed by atoms with E-state index in [2.05, 4.69) is 239 Å². The van der Waals surface area contributed by atoms with Crippen LogP contribution in [0, 0.1) is 0 Å². The van der Waals surface area contributed by atoms with Crippen LogP contribution in [0.1, 0.15) is 6.42 Å². The van der Waals surface area contributed by atoms with Crippen LogP contribution in [0.15, 0.2) is 249 Å². The minimum absolute atomic E-state index is 0.112. The molecular weight excluding hydrogens is 757 g/mol. The van der Waals surface area contributed by atoms with Gasteiger partial charge in [-0.2, -0.15) is 0 Å². The van der Waals surface area contributed by atoms with Crippen LogP contribution in [0.5, 0.6) is 0 Å². The summed E-state index contributed by atoms with van der Waals surface area (Å²) < 4.78 is 2.01. The van der Waals surface area contributed by atoms with Crippen molar-refractivity contribution in [3.8, 4) is 22.8 Å². The third-order valence-corrected chi connectivity index (χ3v) is 11.1. The summed E-state index contributed by atoms with van der Waals surface area (Å²) in [6.45, 7) is 0. The zero-order valence-corrected chi connectivity index (χ0v) is 34.1. The first-order valence-corrected chi connectivity index (χ1v) is 21.0. The van der Waals surface area contributed by atoms with Crippen molar-refractivity contribution in [2.75, 3.05) is 14.7 Å². The maximum absolute atomic E-state index is 5.30. The van der Waals surface area contributed by atoms with Gasteiger partial charge in [0.1, 0.15) is 0 Å². The Morgan fingerprint density at radius 3 is 1.11 bits per heavy atom. The quantitative estimate of drug-likeness (QED) is 0.123. The van der Waals surface area contributed by atoms with Crippen molar-refractivity contribution in [1.29, 1.82) is 0 Å². The largest absolute Gasteiger partial charge is 0.334 e. The lowest BCUT2D eigenvalue weighted by atomic mass is 10.0. The van der Waals surface area contributed by atoms with Crippen LogP contribution in [0.2, 0.25) is 0 Å². The van der Waals surface area contributed by atoms with Crippen molar-refractivity contribution in [3.05, 3.63) is 249 Å². The SMILES string of the molecule is C1=CC(N(c2ccccc2)c2ccccc2)CC=C1n1nc(-c2ccc(N(c3ccccc3)c3ccccc3)cc2)nc1-c1ccc(N(c2ccccc2)c2ccccc2)cc1. The maximum Gasteiger partial charge on any atom is 0.182 e. The van der Waals surface area contributed by atoms with Crippen LogP contribution in [-0.2, 0) is 0 Å². The van der Waals surface area contributed by atoms with Crippen molar-refractivity contribution in [2.45, 2.75) is 12.5 Å². The van der Waals surface area contributed by atoms with E-state index in [1.54, 1.807) is 0 Å². The summed E-state index contributed by atoms with van der Waals surface area (Å²) in [5.41, 5.74) is 11.6. The smallest absolute Gasteiger partial charge is 0.182 e. The van der Waals surface area contributed by atoms with Gasteiger partial charge in [-0.1, -0.05) is 121 Å². The van der Waals surface area contributed by atoms with Gasteiger partial charge in [-0.15, -0.1) is 5.10 Å². The molecule has 1 atom stereocenters. The minimum atomic E-state index is 0.112. The van der Waals surface area contributed by atoms with Crippen molar-refractivity contribution in [3.63, 3.8) is 0 Å². The van der Waals surface area contributed by atoms with Gasteiger partial charge < -0.3 is 14.7 Å². The standard InChI is InChI=1S/C56H44N6/c1-7-19-45(20-8-1)59(46-21-9-2-10-22-46)51-35-31-43(32-36-51)55-57-56(44-33-37-52(38-34-44)60(47-23-11-3-12-24-47)48-25-13-4-14-26-48)62(58-55)54-41-39-53(40-42-54)61(49-27-15-5-16-28-49)50-29-17-6-18-30-50/h1-39,41-42,53H,40H2. The average molecular weight is 801 g/mol. The fraction of sp³-hybridized carbons (Fsp3) is 0.0357. The molecule has 0 N–H and O–H groups in total. The molecule has 62 heavy (non-hydrogen) atoms. The van der Waals surface area contributed by atoms with E-state index in [1.807, 2.05) is 28.9 Å². The molecule has 1 unspecified atom stereocenters. The Hall–Kier alpha value is -8.22. The Kier molecular flexibility index (Phi) is 10.8. The lowest BCUT2D eigenvalue weighted by molar-refractivity contribution is 0.775. The fourth-order valence-electron chi connectivity index (χ4n) is 8.18. The van der Waals surface area contributed by atoms with E-state index in [0.29, 0.717) is 5.82 Å². The molecule has 0 fully saturated rings. The number of allylic oxidation sites excluding steroid dienone is 2. The first kappa shape index (κ1) is 38.0. The molecule has 9 aromatic rings. The molecule has 8 aromatic carbocycles. The van der Waals surface area contributed by atoms with Gasteiger partial charge in [-0.3, -0.25) is 0 Å². The highest BCUT2D eigenvalue weighted by Gasteiger charge is 2.24. The number of anilines is 8. The van der Waals surface area contributed by atoms with Gasteiger partial charge in [0.25, 0.3) is 0 Å². The van der Waals surface area contributed by atoms with Gasteiger partial charge in [0.2, 0.25) is 0 Å². The fourth-order valence-corrected chi connectivity index (χ4v) is 8.18. The molecule has 0 saturated carbocycles. The molecule has 298 valence electrons. The molecule has 0 saturated heterocycles. The van der Waals surface area contributed by atoms with Crippen molar-refractivity contribution in [1.82, 2.24) is 14.8 Å². The molecule has 0 spiro atoms. The second kappa shape index (κ2) is 17.6. The molecule has 1 aromatic heterocycles. The third kappa shape index (κ3) is 7.93. The Labute approximate surface area is 363 Å². The van der Waals surface area contributed by atoms with Crippen molar-refractivity contribution >= 4 is 51.2 Å². The highest BCUT2D eigenvalue weighted by Crippen LogP contribution is 2.39. The van der Waals surface area contributed by atoms with E-state index in [0.717, 1.165) is 74.6 Å². The molecule has 1 heterocycles. The molecule has 1 aliphatic carbocycles. The Balaban J connectivity index is 1.02. The van der Waals surface area contributed by atoms with Crippen LogP contribution in [0.4, 0.5) is 45.5 Å². The molecular formula is C56H44N6. The highest BCUT2D eigenvalue weighted by molar-refractivity contribution is 5.80. The second-order valence-electron chi connectivity index (χ2n) is 15.1. The van der Waals surface area contributed by atoms with Crippen LogP contribution in [-0.4, -0.2) is 20.8 Å². The molecule has 0 radical (unpaired) electrons. The molecule has 1 aliphatic rings. The lowest BCUT2D eigenvalue weighted by Gasteiger charge is -2.33. The van der Waals surface area contributed by atoms with E-state index < -0.39 is 0 Å². The predicted molar refractivity (Wildman–Crippen MR) is 257 cm³/mol. The molecule has 0 bridgehead atoms. The van der Waals surface area contributed by atoms with Gasteiger partial charge in [0, 0.05) is 56.6 Å². The summed E-state index contributed by atoms with van der Waals surface area (Å²) in [6.07, 6.45) is 7.55. The average Bonchev–Trinajstić information content (AvgIpc) is 3.80. The lowest BCUT2D eigenvalue weighted by Crippen LogP contribution is -2.30. The van der Waals surface area contributed by atoms with E-state index in [4.69, 9.17) is 10.1 Å². The van der Waals surface area contributed by atoms with E-state index >= 15 is 0 Å². The minimum Gasteiger partial charge on any atom is -0.334 e. The molecule has 6 heteroatoms. The van der Waals surface area contributed by atoms with E-state index in [1.165, 1.54) is 0 Å². The number of aromatic nitrogens is 3. The maximum atomic E-state index is 5.30. The summed E-state index contributed by atoms with van der Waals surface area (Å²) >= 11 is 0. The summed E-state index contributed by atoms with van der Waals surface area (Å²) in [4.78, 5) is 12.2. The van der Waals surface area contributed by atoms with Crippen LogP contribution < -0.4 is 14.7 Å². The first-order valence-electron chi connectivity index (χ1n) is 21.0. The number of para-hydroxylation sites is 6. The zero-order chi connectivity index (χ0) is 41.5. The van der Waals surface area contributed by atoms with Gasteiger partial charge in [-0.05, 0) is 134 Å². The molecule has 6 nitrogen and oxygen atoms in total. The summed E-state index contributed by atoms with van der Waals surface area (Å²) in [7, 11) is 0. The van der Waals surface area contributed by atoms with Crippen molar-refractivity contribution < 1.29 is 0 Å². The summed E-state index contributed by atoms with van der Waals surface area (Å²) in [5, 5.41) is 5.26.